The summed E-state index contributed by atoms with van der Waals surface area (Å²) in [6, 6.07) is 8.66. The number of benzene rings is 1. The summed E-state index contributed by atoms with van der Waals surface area (Å²) < 4.78 is 0. The summed E-state index contributed by atoms with van der Waals surface area (Å²) in [5.41, 5.74) is 3.12. The maximum Gasteiger partial charge on any atom is 0.324 e. The Labute approximate surface area is 92.1 Å². The standard InChI is InChI=1S/C10H12N2O4/c13-9(14)6-11-12(7-10(15)16)8-4-2-1-3-5-8/h1-5,11H,6-7H2,(H,13,14)(H,15,16). The second kappa shape index (κ2) is 5.72. The van der Waals surface area contributed by atoms with Gasteiger partial charge in [-0.1, -0.05) is 18.2 Å². The Morgan fingerprint density at radius 2 is 1.75 bits per heavy atom. The molecule has 0 saturated carbocycles. The Hall–Kier alpha value is -2.08. The van der Waals surface area contributed by atoms with Crippen LogP contribution in [0.3, 0.4) is 0 Å². The van der Waals surface area contributed by atoms with Gasteiger partial charge in [0.15, 0.2) is 0 Å². The van der Waals surface area contributed by atoms with Gasteiger partial charge in [-0.05, 0) is 12.1 Å². The molecule has 0 amide bonds. The third kappa shape index (κ3) is 3.97. The molecule has 6 heteroatoms. The summed E-state index contributed by atoms with van der Waals surface area (Å²) in [5.74, 6) is -2.09. The zero-order valence-electron chi connectivity index (χ0n) is 8.46. The zero-order chi connectivity index (χ0) is 12.0. The summed E-state index contributed by atoms with van der Waals surface area (Å²) in [6.07, 6.45) is 0. The van der Waals surface area contributed by atoms with Crippen LogP contribution in [0.1, 0.15) is 0 Å². The molecule has 0 fully saturated rings. The molecule has 0 aliphatic carbocycles. The van der Waals surface area contributed by atoms with Crippen molar-refractivity contribution in [1.29, 1.82) is 0 Å². The Morgan fingerprint density at radius 1 is 1.12 bits per heavy atom. The maximum atomic E-state index is 10.6. The van der Waals surface area contributed by atoms with Crippen LogP contribution in [0.15, 0.2) is 30.3 Å². The normalized spacial score (nSPS) is 9.75. The Kier molecular flexibility index (Phi) is 4.28. The number of rotatable bonds is 6. The lowest BCUT2D eigenvalue weighted by Crippen LogP contribution is -2.44. The first-order valence-corrected chi connectivity index (χ1v) is 4.59. The highest BCUT2D eigenvalue weighted by molar-refractivity contribution is 5.74. The first kappa shape index (κ1) is 12.0. The van der Waals surface area contributed by atoms with Gasteiger partial charge in [-0.25, -0.2) is 5.43 Å². The molecule has 86 valence electrons. The van der Waals surface area contributed by atoms with Crippen molar-refractivity contribution in [1.82, 2.24) is 5.43 Å². The summed E-state index contributed by atoms with van der Waals surface area (Å²) in [7, 11) is 0. The average Bonchev–Trinajstić information content (AvgIpc) is 2.25. The van der Waals surface area contributed by atoms with Crippen molar-refractivity contribution in [3.05, 3.63) is 30.3 Å². The minimum atomic E-state index is -1.05. The summed E-state index contributed by atoms with van der Waals surface area (Å²) in [5, 5.41) is 18.5. The number of hydrogen-bond donors (Lipinski definition) is 3. The molecular weight excluding hydrogens is 212 g/mol. The zero-order valence-corrected chi connectivity index (χ0v) is 8.46. The predicted molar refractivity (Wildman–Crippen MR) is 57.1 cm³/mol. The molecule has 0 radical (unpaired) electrons. The molecule has 6 nitrogen and oxygen atoms in total. The predicted octanol–water partition coefficient (Wildman–Crippen LogP) is 0.167. The van der Waals surface area contributed by atoms with Gasteiger partial charge < -0.3 is 10.2 Å². The minimum Gasteiger partial charge on any atom is -0.480 e. The van der Waals surface area contributed by atoms with Crippen molar-refractivity contribution in [2.24, 2.45) is 0 Å². The molecule has 16 heavy (non-hydrogen) atoms. The van der Waals surface area contributed by atoms with Crippen molar-refractivity contribution in [2.75, 3.05) is 18.1 Å². The number of para-hydroxylation sites is 1. The first-order valence-electron chi connectivity index (χ1n) is 4.59. The van der Waals surface area contributed by atoms with Crippen molar-refractivity contribution >= 4 is 17.6 Å². The number of carbonyl (C=O) groups is 2. The summed E-state index contributed by atoms with van der Waals surface area (Å²) in [6.45, 7) is -0.639. The van der Waals surface area contributed by atoms with Gasteiger partial charge >= 0.3 is 11.9 Å². The van der Waals surface area contributed by atoms with Crippen LogP contribution in [-0.2, 0) is 9.59 Å². The van der Waals surface area contributed by atoms with E-state index >= 15 is 0 Å². The molecule has 0 aliphatic rings. The average molecular weight is 224 g/mol. The molecule has 0 saturated heterocycles. The van der Waals surface area contributed by atoms with Crippen LogP contribution in [0.2, 0.25) is 0 Å². The van der Waals surface area contributed by atoms with E-state index in [1.54, 1.807) is 30.3 Å². The molecule has 0 heterocycles. The topological polar surface area (TPSA) is 89.9 Å². The summed E-state index contributed by atoms with van der Waals surface area (Å²) in [4.78, 5) is 21.0. The van der Waals surface area contributed by atoms with E-state index in [4.69, 9.17) is 10.2 Å². The van der Waals surface area contributed by atoms with E-state index in [-0.39, 0.29) is 13.1 Å². The molecule has 1 rings (SSSR count). The van der Waals surface area contributed by atoms with E-state index < -0.39 is 11.9 Å². The van der Waals surface area contributed by atoms with Gasteiger partial charge in [-0.15, -0.1) is 0 Å². The van der Waals surface area contributed by atoms with E-state index in [9.17, 15) is 9.59 Å². The lowest BCUT2D eigenvalue weighted by Gasteiger charge is -2.22. The van der Waals surface area contributed by atoms with Gasteiger partial charge in [0.25, 0.3) is 0 Å². The first-order chi connectivity index (χ1) is 7.59. The summed E-state index contributed by atoms with van der Waals surface area (Å²) >= 11 is 0. The molecule has 1 aromatic carbocycles. The van der Waals surface area contributed by atoms with Crippen molar-refractivity contribution in [2.45, 2.75) is 0 Å². The molecule has 0 bridgehead atoms. The van der Waals surface area contributed by atoms with Crippen molar-refractivity contribution in [3.63, 3.8) is 0 Å². The van der Waals surface area contributed by atoms with Gasteiger partial charge in [0.1, 0.15) is 13.1 Å². The van der Waals surface area contributed by atoms with Gasteiger partial charge in [0.2, 0.25) is 0 Å². The van der Waals surface area contributed by atoms with E-state index in [1.807, 2.05) is 0 Å². The number of nitrogens with zero attached hydrogens (tertiary/aromatic N) is 1. The lowest BCUT2D eigenvalue weighted by molar-refractivity contribution is -0.137. The molecule has 3 N–H and O–H groups in total. The van der Waals surface area contributed by atoms with Gasteiger partial charge in [0, 0.05) is 0 Å². The van der Waals surface area contributed by atoms with Gasteiger partial charge in [0.05, 0.1) is 5.69 Å². The number of anilines is 1. The fourth-order valence-corrected chi connectivity index (χ4v) is 1.14. The van der Waals surface area contributed by atoms with E-state index in [2.05, 4.69) is 5.43 Å². The number of carboxylic acids is 2. The Balaban J connectivity index is 2.71. The van der Waals surface area contributed by atoms with Crippen LogP contribution in [-0.4, -0.2) is 35.2 Å². The Morgan fingerprint density at radius 3 is 2.25 bits per heavy atom. The SMILES string of the molecule is O=C(O)CNN(CC(=O)O)c1ccccc1. The highest BCUT2D eigenvalue weighted by atomic mass is 16.4. The maximum absolute atomic E-state index is 10.6. The van der Waals surface area contributed by atoms with E-state index in [0.717, 1.165) is 0 Å². The molecule has 0 unspecified atom stereocenters. The molecule has 0 aliphatic heterocycles. The molecule has 0 atom stereocenters. The van der Waals surface area contributed by atoms with Gasteiger partial charge in [-0.2, -0.15) is 0 Å². The van der Waals surface area contributed by atoms with Crippen LogP contribution >= 0.6 is 0 Å². The number of carboxylic acid groups (broad SMARTS) is 2. The molecular formula is C10H12N2O4. The van der Waals surface area contributed by atoms with E-state index in [1.165, 1.54) is 5.01 Å². The smallest absolute Gasteiger partial charge is 0.324 e. The third-order valence-corrected chi connectivity index (χ3v) is 1.78. The minimum absolute atomic E-state index is 0.308. The quantitative estimate of drug-likeness (QED) is 0.597. The van der Waals surface area contributed by atoms with Crippen molar-refractivity contribution < 1.29 is 19.8 Å². The second-order valence-electron chi connectivity index (χ2n) is 3.04. The highest BCUT2D eigenvalue weighted by Crippen LogP contribution is 2.09. The van der Waals surface area contributed by atoms with E-state index in [0.29, 0.717) is 5.69 Å². The second-order valence-corrected chi connectivity index (χ2v) is 3.04. The molecule has 0 aromatic heterocycles. The largest absolute Gasteiger partial charge is 0.480 e. The number of aliphatic carboxylic acids is 2. The molecule has 1 aromatic rings. The fraction of sp³-hybridized carbons (Fsp3) is 0.200. The number of nitrogens with one attached hydrogen (secondary N) is 1. The highest BCUT2D eigenvalue weighted by Gasteiger charge is 2.10. The van der Waals surface area contributed by atoms with Crippen LogP contribution < -0.4 is 10.4 Å². The number of hydrazine groups is 1. The fourth-order valence-electron chi connectivity index (χ4n) is 1.14. The number of hydrogen-bond acceptors (Lipinski definition) is 4. The van der Waals surface area contributed by atoms with Crippen LogP contribution in [0.5, 0.6) is 0 Å². The third-order valence-electron chi connectivity index (χ3n) is 1.78. The molecule has 0 spiro atoms. The monoisotopic (exact) mass is 224 g/mol. The Bertz CT molecular complexity index is 366. The van der Waals surface area contributed by atoms with Crippen molar-refractivity contribution in [3.8, 4) is 0 Å². The lowest BCUT2D eigenvalue weighted by atomic mass is 10.3. The van der Waals surface area contributed by atoms with Crippen LogP contribution in [0.4, 0.5) is 5.69 Å². The van der Waals surface area contributed by atoms with Crippen LogP contribution in [0, 0.1) is 0 Å². The van der Waals surface area contributed by atoms with Crippen LogP contribution in [0.25, 0.3) is 0 Å². The van der Waals surface area contributed by atoms with Gasteiger partial charge in [-0.3, -0.25) is 14.6 Å².